The lowest BCUT2D eigenvalue weighted by molar-refractivity contribution is -0.143. The summed E-state index contributed by atoms with van der Waals surface area (Å²) < 4.78 is 79.5. The summed E-state index contributed by atoms with van der Waals surface area (Å²) in [6.07, 6.45) is -9.83. The Hall–Kier alpha value is -2.44. The Labute approximate surface area is 183 Å². The van der Waals surface area contributed by atoms with Crippen molar-refractivity contribution < 1.29 is 26.3 Å². The van der Waals surface area contributed by atoms with Crippen LogP contribution < -0.4 is 0 Å². The molecule has 0 saturated carbocycles. The van der Waals surface area contributed by atoms with Gasteiger partial charge in [-0.1, -0.05) is 41.7 Å². The molecule has 0 saturated heterocycles. The predicted octanol–water partition coefficient (Wildman–Crippen LogP) is 7.52. The molecule has 0 fully saturated rings. The fourth-order valence-corrected chi connectivity index (χ4v) is 5.44. The quantitative estimate of drug-likeness (QED) is 0.278. The highest BCUT2D eigenvalue weighted by atomic mass is 32.2. The molecule has 0 unspecified atom stereocenters. The summed E-state index contributed by atoms with van der Waals surface area (Å²) in [5.74, 6) is 0. The van der Waals surface area contributed by atoms with Crippen molar-refractivity contribution in [1.82, 2.24) is 15.2 Å². The second kappa shape index (κ2) is 8.24. The first-order chi connectivity index (χ1) is 14.6. The van der Waals surface area contributed by atoms with Gasteiger partial charge in [0.2, 0.25) is 0 Å². The minimum absolute atomic E-state index is 0.0249. The normalized spacial score (nSPS) is 12.3. The predicted molar refractivity (Wildman–Crippen MR) is 107 cm³/mol. The fourth-order valence-electron chi connectivity index (χ4n) is 2.56. The number of alkyl halides is 6. The number of aromatic nitrogens is 3. The monoisotopic (exact) mass is 489 g/mol. The van der Waals surface area contributed by atoms with E-state index in [1.54, 1.807) is 0 Å². The summed E-state index contributed by atoms with van der Waals surface area (Å²) in [7, 11) is 0. The van der Waals surface area contributed by atoms with Gasteiger partial charge in [0.05, 0.1) is 16.8 Å². The summed E-state index contributed by atoms with van der Waals surface area (Å²) in [6, 6.07) is 10.8. The van der Waals surface area contributed by atoms with Crippen molar-refractivity contribution in [3.63, 3.8) is 0 Å². The summed E-state index contributed by atoms with van der Waals surface area (Å²) in [4.78, 5) is 4.19. The van der Waals surface area contributed by atoms with Gasteiger partial charge in [-0.15, -0.1) is 21.5 Å². The molecule has 3 nitrogen and oxygen atoms in total. The molecule has 0 aliphatic heterocycles. The molecule has 0 aliphatic rings. The lowest BCUT2D eigenvalue weighted by Gasteiger charge is -2.13. The maximum absolute atomic E-state index is 13.1. The maximum Gasteiger partial charge on any atom is 0.416 e. The van der Waals surface area contributed by atoms with Crippen molar-refractivity contribution in [3.8, 4) is 21.8 Å². The third-order valence-electron chi connectivity index (χ3n) is 3.97. The van der Waals surface area contributed by atoms with Crippen LogP contribution in [0.1, 0.15) is 11.1 Å². The molecule has 0 N–H and O–H groups in total. The first-order valence-electron chi connectivity index (χ1n) is 8.42. The standard InChI is InChI=1S/C19H9F6N3S3/c20-18(21,22)12-6-11(7-13(8-12)19(23,24)25)14-9-29-16(26-14)31-17-28-27-15(30-17)10-4-2-1-3-5-10/h1-9H. The van der Waals surface area contributed by atoms with Crippen LogP contribution in [0, 0.1) is 0 Å². The number of hydrogen-bond donors (Lipinski definition) is 0. The highest BCUT2D eigenvalue weighted by molar-refractivity contribution is 8.02. The zero-order valence-corrected chi connectivity index (χ0v) is 17.5. The molecule has 4 rings (SSSR count). The fraction of sp³-hybridized carbons (Fsp3) is 0.105. The molecule has 0 spiro atoms. The second-order valence-electron chi connectivity index (χ2n) is 6.13. The zero-order chi connectivity index (χ0) is 22.2. The molecule has 4 aromatic rings. The molecule has 0 bridgehead atoms. The van der Waals surface area contributed by atoms with Crippen molar-refractivity contribution >= 4 is 34.4 Å². The topological polar surface area (TPSA) is 38.7 Å². The molecule has 0 amide bonds. The summed E-state index contributed by atoms with van der Waals surface area (Å²) in [5, 5.41) is 10.3. The van der Waals surface area contributed by atoms with Gasteiger partial charge in [0.15, 0.2) is 8.68 Å². The Morgan fingerprint density at radius 3 is 2.00 bits per heavy atom. The molecular formula is C19H9F6N3S3. The van der Waals surface area contributed by atoms with Crippen LogP contribution >= 0.6 is 34.4 Å². The molecule has 160 valence electrons. The Balaban J connectivity index is 1.61. The molecule has 12 heteroatoms. The van der Waals surface area contributed by atoms with E-state index in [0.717, 1.165) is 28.7 Å². The Kier molecular flexibility index (Phi) is 5.79. The van der Waals surface area contributed by atoms with Crippen LogP contribution in [0.3, 0.4) is 0 Å². The molecule has 0 atom stereocenters. The number of hydrogen-bond acceptors (Lipinski definition) is 6. The van der Waals surface area contributed by atoms with Crippen LogP contribution in [0.2, 0.25) is 0 Å². The van der Waals surface area contributed by atoms with E-state index in [4.69, 9.17) is 0 Å². The van der Waals surface area contributed by atoms with E-state index in [-0.39, 0.29) is 17.3 Å². The van der Waals surface area contributed by atoms with Gasteiger partial charge in [0, 0.05) is 16.5 Å². The minimum atomic E-state index is -4.91. The Morgan fingerprint density at radius 1 is 0.742 bits per heavy atom. The van der Waals surface area contributed by atoms with Crippen molar-refractivity contribution in [3.05, 3.63) is 65.0 Å². The average Bonchev–Trinajstić information content (AvgIpc) is 3.37. The van der Waals surface area contributed by atoms with E-state index in [1.807, 2.05) is 30.3 Å². The number of benzene rings is 2. The van der Waals surface area contributed by atoms with Crippen molar-refractivity contribution in [2.75, 3.05) is 0 Å². The number of halogens is 6. The highest BCUT2D eigenvalue weighted by Crippen LogP contribution is 2.40. The third-order valence-corrected chi connectivity index (χ3v) is 6.93. The molecule has 2 heterocycles. The molecular weight excluding hydrogens is 480 g/mol. The van der Waals surface area contributed by atoms with Crippen molar-refractivity contribution in [1.29, 1.82) is 0 Å². The molecule has 2 aromatic carbocycles. The summed E-state index contributed by atoms with van der Waals surface area (Å²) in [6.45, 7) is 0. The largest absolute Gasteiger partial charge is 0.416 e. The highest BCUT2D eigenvalue weighted by Gasteiger charge is 2.37. The van der Waals surface area contributed by atoms with E-state index >= 15 is 0 Å². The SMILES string of the molecule is FC(F)(F)c1cc(-c2csc(Sc3nnc(-c4ccccc4)s3)n2)cc(C(F)(F)F)c1. The van der Waals surface area contributed by atoms with Gasteiger partial charge in [-0.3, -0.25) is 0 Å². The van der Waals surface area contributed by atoms with Crippen LogP contribution in [0.4, 0.5) is 26.3 Å². The van der Waals surface area contributed by atoms with Crippen molar-refractivity contribution in [2.24, 2.45) is 0 Å². The van der Waals surface area contributed by atoms with Crippen LogP contribution in [0.15, 0.2) is 62.6 Å². The summed E-state index contributed by atoms with van der Waals surface area (Å²) >= 11 is 3.55. The Bertz CT molecular complexity index is 1170. The van der Waals surface area contributed by atoms with E-state index in [2.05, 4.69) is 15.2 Å². The molecule has 0 aliphatic carbocycles. The smallest absolute Gasteiger partial charge is 0.229 e. The van der Waals surface area contributed by atoms with E-state index in [1.165, 1.54) is 16.7 Å². The zero-order valence-electron chi connectivity index (χ0n) is 15.0. The lowest BCUT2D eigenvalue weighted by Crippen LogP contribution is -2.11. The van der Waals surface area contributed by atoms with Gasteiger partial charge >= 0.3 is 12.4 Å². The third kappa shape index (κ3) is 5.08. The van der Waals surface area contributed by atoms with Crippen LogP contribution in [-0.2, 0) is 12.4 Å². The van der Waals surface area contributed by atoms with Gasteiger partial charge in [-0.25, -0.2) is 4.98 Å². The molecule has 0 radical (unpaired) electrons. The van der Waals surface area contributed by atoms with E-state index < -0.39 is 23.5 Å². The average molecular weight is 489 g/mol. The van der Waals surface area contributed by atoms with E-state index in [9.17, 15) is 26.3 Å². The van der Waals surface area contributed by atoms with Gasteiger partial charge in [0.25, 0.3) is 0 Å². The van der Waals surface area contributed by atoms with Gasteiger partial charge < -0.3 is 0 Å². The molecule has 31 heavy (non-hydrogen) atoms. The number of rotatable bonds is 4. The van der Waals surface area contributed by atoms with Crippen LogP contribution in [-0.4, -0.2) is 15.2 Å². The van der Waals surface area contributed by atoms with Gasteiger partial charge in [-0.2, -0.15) is 26.3 Å². The van der Waals surface area contributed by atoms with Crippen LogP contribution in [0.25, 0.3) is 21.8 Å². The minimum Gasteiger partial charge on any atom is -0.229 e. The second-order valence-corrected chi connectivity index (χ2v) is 9.46. The Morgan fingerprint density at radius 2 is 1.39 bits per heavy atom. The lowest BCUT2D eigenvalue weighted by atomic mass is 10.0. The number of thiazole rings is 1. The van der Waals surface area contributed by atoms with Crippen molar-refractivity contribution in [2.45, 2.75) is 21.0 Å². The molecule has 2 aromatic heterocycles. The number of nitrogens with zero attached hydrogens (tertiary/aromatic N) is 3. The first kappa shape index (κ1) is 21.8. The van der Waals surface area contributed by atoms with Crippen LogP contribution in [0.5, 0.6) is 0 Å². The van der Waals surface area contributed by atoms with Gasteiger partial charge in [-0.05, 0) is 30.0 Å². The van der Waals surface area contributed by atoms with E-state index in [0.29, 0.717) is 25.8 Å². The van der Waals surface area contributed by atoms with Gasteiger partial charge in [0.1, 0.15) is 5.01 Å². The summed E-state index contributed by atoms with van der Waals surface area (Å²) in [5.41, 5.74) is -2.10. The maximum atomic E-state index is 13.1. The first-order valence-corrected chi connectivity index (χ1v) is 10.9.